The lowest BCUT2D eigenvalue weighted by Crippen LogP contribution is -2.21. The highest BCUT2D eigenvalue weighted by Crippen LogP contribution is 2.28. The maximum Gasteiger partial charge on any atom is 0.339 e. The number of methoxy groups -OCH3 is 1. The number of carbonyl (C=O) groups excluding carboxylic acids is 1. The molecule has 0 bridgehead atoms. The van der Waals surface area contributed by atoms with Crippen LogP contribution in [0.2, 0.25) is 0 Å². The third-order valence-corrected chi connectivity index (χ3v) is 3.31. The Balaban J connectivity index is 2.39. The summed E-state index contributed by atoms with van der Waals surface area (Å²) >= 11 is 3.44. The lowest BCUT2D eigenvalue weighted by molar-refractivity contribution is 0.0601. The van der Waals surface area contributed by atoms with Gasteiger partial charge in [-0.3, -0.25) is 0 Å². The van der Waals surface area contributed by atoms with E-state index in [1.807, 2.05) is 18.2 Å². The topological polar surface area (TPSA) is 29.5 Å². The van der Waals surface area contributed by atoms with Gasteiger partial charge in [-0.2, -0.15) is 0 Å². The van der Waals surface area contributed by atoms with Gasteiger partial charge in [0.25, 0.3) is 0 Å². The van der Waals surface area contributed by atoms with Crippen LogP contribution >= 0.6 is 15.9 Å². The van der Waals surface area contributed by atoms with Crippen molar-refractivity contribution >= 4 is 27.6 Å². The van der Waals surface area contributed by atoms with E-state index < -0.39 is 0 Å². The predicted molar refractivity (Wildman–Crippen MR) is 66.9 cm³/mol. The molecule has 16 heavy (non-hydrogen) atoms. The van der Waals surface area contributed by atoms with E-state index in [1.54, 1.807) is 0 Å². The lowest BCUT2D eigenvalue weighted by Gasteiger charge is -2.20. The first-order valence-electron chi connectivity index (χ1n) is 5.35. The maximum absolute atomic E-state index is 11.6. The summed E-state index contributed by atoms with van der Waals surface area (Å²) in [5.41, 5.74) is 1.62. The summed E-state index contributed by atoms with van der Waals surface area (Å²) in [7, 11) is 1.41. The van der Waals surface area contributed by atoms with Crippen LogP contribution < -0.4 is 4.90 Å². The molecule has 0 unspecified atom stereocenters. The molecule has 1 heterocycles. The Morgan fingerprint density at radius 1 is 1.38 bits per heavy atom. The van der Waals surface area contributed by atoms with Crippen molar-refractivity contribution in [1.29, 1.82) is 0 Å². The molecule has 0 aromatic heterocycles. The minimum absolute atomic E-state index is 0.269. The first-order valence-corrected chi connectivity index (χ1v) is 6.14. The lowest BCUT2D eigenvalue weighted by atomic mass is 10.1. The number of anilines is 1. The minimum atomic E-state index is -0.269. The molecule has 1 aliphatic heterocycles. The smallest absolute Gasteiger partial charge is 0.339 e. The second-order valence-electron chi connectivity index (χ2n) is 3.85. The zero-order valence-electron chi connectivity index (χ0n) is 9.20. The molecule has 0 radical (unpaired) electrons. The van der Waals surface area contributed by atoms with Gasteiger partial charge in [-0.05, 0) is 31.0 Å². The van der Waals surface area contributed by atoms with Crippen molar-refractivity contribution in [3.05, 3.63) is 28.2 Å². The summed E-state index contributed by atoms with van der Waals surface area (Å²) in [6.07, 6.45) is 2.38. The number of carbonyl (C=O) groups is 1. The molecule has 0 amide bonds. The van der Waals surface area contributed by atoms with Crippen molar-refractivity contribution in [3.63, 3.8) is 0 Å². The van der Waals surface area contributed by atoms with Gasteiger partial charge in [-0.1, -0.05) is 15.9 Å². The molecule has 3 nitrogen and oxygen atoms in total. The molecule has 86 valence electrons. The van der Waals surface area contributed by atoms with E-state index in [1.165, 1.54) is 20.0 Å². The van der Waals surface area contributed by atoms with Crippen LogP contribution in [0, 0.1) is 0 Å². The van der Waals surface area contributed by atoms with Crippen molar-refractivity contribution in [3.8, 4) is 0 Å². The van der Waals surface area contributed by atoms with E-state index in [2.05, 4.69) is 20.8 Å². The Bertz CT molecular complexity index is 400. The van der Waals surface area contributed by atoms with Crippen LogP contribution in [0.1, 0.15) is 23.2 Å². The number of rotatable bonds is 2. The molecule has 0 spiro atoms. The van der Waals surface area contributed by atoms with Crippen molar-refractivity contribution < 1.29 is 9.53 Å². The Labute approximate surface area is 104 Å². The third-order valence-electron chi connectivity index (χ3n) is 2.81. The van der Waals surface area contributed by atoms with E-state index in [0.717, 1.165) is 23.2 Å². The van der Waals surface area contributed by atoms with E-state index in [-0.39, 0.29) is 5.97 Å². The number of halogens is 1. The predicted octanol–water partition coefficient (Wildman–Crippen LogP) is 2.84. The van der Waals surface area contributed by atoms with Crippen LogP contribution in [0.15, 0.2) is 22.7 Å². The molecular weight excluding hydrogens is 270 g/mol. The van der Waals surface area contributed by atoms with E-state index >= 15 is 0 Å². The van der Waals surface area contributed by atoms with Gasteiger partial charge in [0, 0.05) is 17.6 Å². The van der Waals surface area contributed by atoms with Gasteiger partial charge >= 0.3 is 5.97 Å². The molecule has 1 aliphatic rings. The Kier molecular flexibility index (Phi) is 3.49. The number of hydrogen-bond acceptors (Lipinski definition) is 3. The van der Waals surface area contributed by atoms with Crippen molar-refractivity contribution in [2.75, 3.05) is 25.1 Å². The first kappa shape index (κ1) is 11.5. The molecule has 0 aliphatic carbocycles. The fraction of sp³-hybridized carbons (Fsp3) is 0.417. The summed E-state index contributed by atoms with van der Waals surface area (Å²) in [6, 6.07) is 5.66. The normalized spacial score (nSPS) is 15.2. The van der Waals surface area contributed by atoms with Crippen molar-refractivity contribution in [1.82, 2.24) is 0 Å². The second-order valence-corrected chi connectivity index (χ2v) is 4.76. The zero-order chi connectivity index (χ0) is 11.5. The van der Waals surface area contributed by atoms with Crippen LogP contribution in [0.25, 0.3) is 0 Å². The Morgan fingerprint density at radius 3 is 2.69 bits per heavy atom. The quantitative estimate of drug-likeness (QED) is 0.782. The average Bonchev–Trinajstić information content (AvgIpc) is 2.81. The van der Waals surface area contributed by atoms with E-state index in [4.69, 9.17) is 4.74 Å². The fourth-order valence-electron chi connectivity index (χ4n) is 2.01. The van der Waals surface area contributed by atoms with Gasteiger partial charge in [-0.15, -0.1) is 0 Å². The molecule has 1 saturated heterocycles. The second kappa shape index (κ2) is 4.87. The maximum atomic E-state index is 11.6. The van der Waals surface area contributed by atoms with Gasteiger partial charge < -0.3 is 9.64 Å². The molecule has 1 aromatic rings. The molecular formula is C12H14BrNO2. The molecule has 0 N–H and O–H groups in total. The number of hydrogen-bond donors (Lipinski definition) is 0. The monoisotopic (exact) mass is 283 g/mol. The molecule has 0 saturated carbocycles. The van der Waals surface area contributed by atoms with Gasteiger partial charge in [0.1, 0.15) is 0 Å². The largest absolute Gasteiger partial charge is 0.465 e. The van der Waals surface area contributed by atoms with Crippen molar-refractivity contribution in [2.45, 2.75) is 12.8 Å². The van der Waals surface area contributed by atoms with Crippen LogP contribution in [0.3, 0.4) is 0 Å². The standard InChI is InChI=1S/C12H14BrNO2/c1-16-12(15)10-5-4-9(13)8-11(10)14-6-2-3-7-14/h4-5,8H,2-3,6-7H2,1H3. The SMILES string of the molecule is COC(=O)c1ccc(Br)cc1N1CCCC1. The Morgan fingerprint density at radius 2 is 2.06 bits per heavy atom. The van der Waals surface area contributed by atoms with Gasteiger partial charge in [0.15, 0.2) is 0 Å². The number of esters is 1. The number of nitrogens with zero attached hydrogens (tertiary/aromatic N) is 1. The van der Waals surface area contributed by atoms with E-state index in [0.29, 0.717) is 5.56 Å². The summed E-state index contributed by atoms with van der Waals surface area (Å²) in [5, 5.41) is 0. The fourth-order valence-corrected chi connectivity index (χ4v) is 2.36. The third kappa shape index (κ3) is 2.21. The summed E-state index contributed by atoms with van der Waals surface area (Å²) in [5.74, 6) is -0.269. The van der Waals surface area contributed by atoms with Crippen LogP contribution in [0.5, 0.6) is 0 Å². The molecule has 1 fully saturated rings. The molecule has 2 rings (SSSR count). The van der Waals surface area contributed by atoms with Crippen LogP contribution in [0.4, 0.5) is 5.69 Å². The highest BCUT2D eigenvalue weighted by atomic mass is 79.9. The zero-order valence-corrected chi connectivity index (χ0v) is 10.8. The Hall–Kier alpha value is -1.03. The first-order chi connectivity index (χ1) is 7.72. The highest BCUT2D eigenvalue weighted by molar-refractivity contribution is 9.10. The summed E-state index contributed by atoms with van der Waals surface area (Å²) in [6.45, 7) is 2.03. The summed E-state index contributed by atoms with van der Waals surface area (Å²) < 4.78 is 5.78. The van der Waals surface area contributed by atoms with Gasteiger partial charge in [-0.25, -0.2) is 4.79 Å². The van der Waals surface area contributed by atoms with Crippen LogP contribution in [-0.4, -0.2) is 26.2 Å². The summed E-state index contributed by atoms with van der Waals surface area (Å²) in [4.78, 5) is 13.9. The van der Waals surface area contributed by atoms with Crippen LogP contribution in [-0.2, 0) is 4.74 Å². The number of benzene rings is 1. The van der Waals surface area contributed by atoms with E-state index in [9.17, 15) is 4.79 Å². The molecule has 0 atom stereocenters. The average molecular weight is 284 g/mol. The van der Waals surface area contributed by atoms with Gasteiger partial charge in [0.05, 0.1) is 18.4 Å². The molecule has 4 heteroatoms. The van der Waals surface area contributed by atoms with Gasteiger partial charge in [0.2, 0.25) is 0 Å². The van der Waals surface area contributed by atoms with Crippen molar-refractivity contribution in [2.24, 2.45) is 0 Å². The highest BCUT2D eigenvalue weighted by Gasteiger charge is 2.19. The molecule has 1 aromatic carbocycles. The number of ether oxygens (including phenoxy) is 1. The minimum Gasteiger partial charge on any atom is -0.465 e.